The lowest BCUT2D eigenvalue weighted by Gasteiger charge is -2.40. The molecule has 2 aromatic carbocycles. The van der Waals surface area contributed by atoms with Crippen LogP contribution in [0.2, 0.25) is 0 Å². The molecule has 1 amide bonds. The van der Waals surface area contributed by atoms with Gasteiger partial charge in [0.15, 0.2) is 0 Å². The van der Waals surface area contributed by atoms with Crippen LogP contribution >= 0.6 is 0 Å². The molecule has 2 aromatic rings. The molecule has 0 unspecified atom stereocenters. The number of rotatable bonds is 5. The molecular weight excluding hydrogens is 345 g/mol. The number of halogens is 1. The lowest BCUT2D eigenvalue weighted by Crippen LogP contribution is -2.49. The van der Waals surface area contributed by atoms with Crippen LogP contribution in [0.25, 0.3) is 0 Å². The summed E-state index contributed by atoms with van der Waals surface area (Å²) in [5.74, 6) is -0.459. The maximum atomic E-state index is 13.0. The Balaban J connectivity index is 1.63. The normalized spacial score (nSPS) is 16.0. The number of amides is 1. The second-order valence-corrected chi connectivity index (χ2v) is 6.95. The number of esters is 1. The maximum absolute atomic E-state index is 13.0. The fourth-order valence-corrected chi connectivity index (χ4v) is 3.76. The fraction of sp³-hybridized carbons (Fsp3) is 0.364. The number of likely N-dealkylation sites (tertiary alicyclic amines) is 1. The molecule has 0 radical (unpaired) electrons. The summed E-state index contributed by atoms with van der Waals surface area (Å²) in [4.78, 5) is 26.9. The van der Waals surface area contributed by atoms with Crippen molar-refractivity contribution in [1.29, 1.82) is 0 Å². The van der Waals surface area contributed by atoms with Crippen LogP contribution in [0.1, 0.15) is 30.4 Å². The van der Waals surface area contributed by atoms with Gasteiger partial charge in [-0.3, -0.25) is 9.59 Å². The molecule has 0 spiro atoms. The SMILES string of the molecule is COC(=O)C1(c2ccccc2)CCN(C(=O)CCc2ccc(F)cc2)CC1. The van der Waals surface area contributed by atoms with Crippen molar-refractivity contribution in [1.82, 2.24) is 4.90 Å². The molecule has 1 fully saturated rings. The average Bonchev–Trinajstić information content (AvgIpc) is 2.73. The van der Waals surface area contributed by atoms with Gasteiger partial charge in [-0.15, -0.1) is 0 Å². The van der Waals surface area contributed by atoms with Gasteiger partial charge >= 0.3 is 5.97 Å². The van der Waals surface area contributed by atoms with Gasteiger partial charge in [0.05, 0.1) is 12.5 Å². The van der Waals surface area contributed by atoms with Crippen molar-refractivity contribution in [3.8, 4) is 0 Å². The van der Waals surface area contributed by atoms with Crippen molar-refractivity contribution in [2.45, 2.75) is 31.1 Å². The summed E-state index contributed by atoms with van der Waals surface area (Å²) in [5.41, 5.74) is 1.19. The van der Waals surface area contributed by atoms with E-state index in [2.05, 4.69) is 0 Å². The number of aryl methyl sites for hydroxylation is 1. The van der Waals surface area contributed by atoms with Crippen molar-refractivity contribution < 1.29 is 18.7 Å². The monoisotopic (exact) mass is 369 g/mol. The van der Waals surface area contributed by atoms with Crippen molar-refractivity contribution in [2.75, 3.05) is 20.2 Å². The third-order valence-electron chi connectivity index (χ3n) is 5.41. The third kappa shape index (κ3) is 4.18. The molecular formula is C22H24FNO3. The van der Waals surface area contributed by atoms with Crippen molar-refractivity contribution in [2.24, 2.45) is 0 Å². The van der Waals surface area contributed by atoms with Crippen LogP contribution in [-0.2, 0) is 26.2 Å². The Bertz CT molecular complexity index is 781. The standard InChI is InChI=1S/C22H24FNO3/c1-27-21(26)22(18-5-3-2-4-6-18)13-15-24(16-14-22)20(25)12-9-17-7-10-19(23)11-8-17/h2-8,10-11H,9,12-16H2,1H3. The van der Waals surface area contributed by atoms with Crippen molar-refractivity contribution in [3.05, 3.63) is 71.5 Å². The predicted molar refractivity (Wildman–Crippen MR) is 101 cm³/mol. The molecule has 1 heterocycles. The number of nitrogens with zero attached hydrogens (tertiary/aromatic N) is 1. The first-order valence-corrected chi connectivity index (χ1v) is 9.21. The second kappa shape index (κ2) is 8.33. The highest BCUT2D eigenvalue weighted by Crippen LogP contribution is 2.37. The summed E-state index contributed by atoms with van der Waals surface area (Å²) in [6, 6.07) is 15.9. The van der Waals surface area contributed by atoms with Crippen LogP contribution in [0.4, 0.5) is 4.39 Å². The lowest BCUT2D eigenvalue weighted by atomic mass is 9.72. The van der Waals surface area contributed by atoms with Gasteiger partial charge in [0.1, 0.15) is 5.82 Å². The van der Waals surface area contributed by atoms with Crippen LogP contribution in [0.15, 0.2) is 54.6 Å². The first-order chi connectivity index (χ1) is 13.0. The number of benzene rings is 2. The van der Waals surface area contributed by atoms with E-state index in [1.807, 2.05) is 35.2 Å². The molecule has 0 saturated carbocycles. The Morgan fingerprint density at radius 1 is 1.04 bits per heavy atom. The van der Waals surface area contributed by atoms with E-state index in [1.165, 1.54) is 19.2 Å². The van der Waals surface area contributed by atoms with Crippen LogP contribution < -0.4 is 0 Å². The number of hydrogen-bond acceptors (Lipinski definition) is 3. The zero-order chi connectivity index (χ0) is 19.3. The largest absolute Gasteiger partial charge is 0.468 e. The molecule has 142 valence electrons. The lowest BCUT2D eigenvalue weighted by molar-refractivity contribution is -0.151. The molecule has 1 aliphatic heterocycles. The predicted octanol–water partition coefficient (Wildman–Crippen LogP) is 3.49. The summed E-state index contributed by atoms with van der Waals surface area (Å²) in [6.45, 7) is 1.04. The van der Waals surface area contributed by atoms with Crippen LogP contribution in [0.5, 0.6) is 0 Å². The Hall–Kier alpha value is -2.69. The molecule has 5 heteroatoms. The van der Waals surface area contributed by atoms with Gasteiger partial charge in [0, 0.05) is 19.5 Å². The van der Waals surface area contributed by atoms with Gasteiger partial charge in [-0.05, 0) is 42.5 Å². The van der Waals surface area contributed by atoms with Gasteiger partial charge in [-0.25, -0.2) is 4.39 Å². The smallest absolute Gasteiger partial charge is 0.316 e. The number of piperidine rings is 1. The molecule has 0 aromatic heterocycles. The summed E-state index contributed by atoms with van der Waals surface area (Å²) >= 11 is 0. The number of carbonyl (C=O) groups excluding carboxylic acids is 2. The average molecular weight is 369 g/mol. The van der Waals surface area contributed by atoms with Gasteiger partial charge in [0.25, 0.3) is 0 Å². The molecule has 0 N–H and O–H groups in total. The number of hydrogen-bond donors (Lipinski definition) is 0. The van der Waals surface area contributed by atoms with E-state index < -0.39 is 5.41 Å². The van der Waals surface area contributed by atoms with E-state index in [0.29, 0.717) is 38.8 Å². The zero-order valence-electron chi connectivity index (χ0n) is 15.5. The Labute approximate surface area is 158 Å². The Kier molecular flexibility index (Phi) is 5.89. The van der Waals surface area contributed by atoms with Gasteiger partial charge in [-0.1, -0.05) is 42.5 Å². The summed E-state index contributed by atoms with van der Waals surface area (Å²) < 4.78 is 18.1. The van der Waals surface area contributed by atoms with Gasteiger partial charge < -0.3 is 9.64 Å². The summed E-state index contributed by atoms with van der Waals surface area (Å²) in [7, 11) is 1.41. The number of carbonyl (C=O) groups is 2. The van der Waals surface area contributed by atoms with Gasteiger partial charge in [0.2, 0.25) is 5.91 Å². The minimum atomic E-state index is -0.691. The molecule has 3 rings (SSSR count). The topological polar surface area (TPSA) is 46.6 Å². The van der Waals surface area contributed by atoms with Crippen molar-refractivity contribution >= 4 is 11.9 Å². The fourth-order valence-electron chi connectivity index (χ4n) is 3.76. The van der Waals surface area contributed by atoms with E-state index in [0.717, 1.165) is 11.1 Å². The Morgan fingerprint density at radius 2 is 1.67 bits per heavy atom. The molecule has 0 bridgehead atoms. The molecule has 4 nitrogen and oxygen atoms in total. The van der Waals surface area contributed by atoms with E-state index in [9.17, 15) is 14.0 Å². The van der Waals surface area contributed by atoms with Gasteiger partial charge in [-0.2, -0.15) is 0 Å². The quantitative estimate of drug-likeness (QED) is 0.758. The highest BCUT2D eigenvalue weighted by atomic mass is 19.1. The van der Waals surface area contributed by atoms with Crippen molar-refractivity contribution in [3.63, 3.8) is 0 Å². The first kappa shape index (κ1) is 19.1. The van der Waals surface area contributed by atoms with E-state index in [1.54, 1.807) is 12.1 Å². The summed E-state index contributed by atoms with van der Waals surface area (Å²) in [6.07, 6.45) is 2.05. The Morgan fingerprint density at radius 3 is 2.26 bits per heavy atom. The first-order valence-electron chi connectivity index (χ1n) is 9.21. The maximum Gasteiger partial charge on any atom is 0.316 e. The minimum Gasteiger partial charge on any atom is -0.468 e. The zero-order valence-corrected chi connectivity index (χ0v) is 15.5. The molecule has 0 atom stereocenters. The van der Waals surface area contributed by atoms with Crippen LogP contribution in [0, 0.1) is 5.82 Å². The van der Waals surface area contributed by atoms with Crippen LogP contribution in [-0.4, -0.2) is 37.0 Å². The molecule has 1 aliphatic rings. The second-order valence-electron chi connectivity index (χ2n) is 6.95. The van der Waals surface area contributed by atoms with E-state index >= 15 is 0 Å². The molecule has 1 saturated heterocycles. The number of methoxy groups -OCH3 is 1. The summed E-state index contributed by atoms with van der Waals surface area (Å²) in [5, 5.41) is 0. The van der Waals surface area contributed by atoms with E-state index in [-0.39, 0.29) is 17.7 Å². The van der Waals surface area contributed by atoms with Crippen LogP contribution in [0.3, 0.4) is 0 Å². The molecule has 0 aliphatic carbocycles. The third-order valence-corrected chi connectivity index (χ3v) is 5.41. The highest BCUT2D eigenvalue weighted by Gasteiger charge is 2.44. The minimum absolute atomic E-state index is 0.0610. The highest BCUT2D eigenvalue weighted by molar-refractivity contribution is 5.84. The molecule has 27 heavy (non-hydrogen) atoms. The number of ether oxygens (including phenoxy) is 1. The van der Waals surface area contributed by atoms with E-state index in [4.69, 9.17) is 4.74 Å².